The molecular formula is C16H17ClN2O2. The minimum atomic E-state index is -0.243. The van der Waals surface area contributed by atoms with Gasteiger partial charge in [-0.25, -0.2) is 0 Å². The molecule has 0 spiro atoms. The Morgan fingerprint density at radius 1 is 1.24 bits per heavy atom. The van der Waals surface area contributed by atoms with E-state index >= 15 is 0 Å². The third-order valence-electron chi connectivity index (χ3n) is 3.02. The second-order valence-corrected chi connectivity index (χ2v) is 5.10. The fraction of sp³-hybridized carbons (Fsp3) is 0.188. The lowest BCUT2D eigenvalue weighted by Crippen LogP contribution is -2.23. The maximum atomic E-state index is 12.1. The van der Waals surface area contributed by atoms with Gasteiger partial charge in [-0.2, -0.15) is 0 Å². The zero-order valence-electron chi connectivity index (χ0n) is 11.7. The summed E-state index contributed by atoms with van der Waals surface area (Å²) in [6, 6.07) is 12.7. The molecule has 0 fully saturated rings. The summed E-state index contributed by atoms with van der Waals surface area (Å²) in [5.74, 6) is -0.243. The van der Waals surface area contributed by atoms with Gasteiger partial charge in [0.15, 0.2) is 0 Å². The number of hydrogen-bond acceptors (Lipinski definition) is 3. The number of methoxy groups -OCH3 is 1. The first kappa shape index (κ1) is 15.4. The number of carbonyl (C=O) groups is 1. The highest BCUT2D eigenvalue weighted by atomic mass is 35.5. The fourth-order valence-corrected chi connectivity index (χ4v) is 2.17. The van der Waals surface area contributed by atoms with Crippen molar-refractivity contribution in [3.8, 4) is 0 Å². The van der Waals surface area contributed by atoms with Crippen molar-refractivity contribution in [2.45, 2.75) is 13.2 Å². The summed E-state index contributed by atoms with van der Waals surface area (Å²) in [4.78, 5) is 12.1. The summed E-state index contributed by atoms with van der Waals surface area (Å²) >= 11 is 5.88. The number of nitrogen functional groups attached to an aromatic ring is 1. The number of ether oxygens (including phenoxy) is 1. The van der Waals surface area contributed by atoms with Crippen LogP contribution in [0.4, 0.5) is 5.69 Å². The van der Waals surface area contributed by atoms with Gasteiger partial charge in [0.2, 0.25) is 0 Å². The van der Waals surface area contributed by atoms with Gasteiger partial charge in [0.05, 0.1) is 12.2 Å². The molecule has 2 aromatic rings. The molecule has 110 valence electrons. The third kappa shape index (κ3) is 4.21. The Kier molecular flexibility index (Phi) is 5.20. The molecule has 0 radical (unpaired) electrons. The van der Waals surface area contributed by atoms with E-state index in [9.17, 15) is 4.79 Å². The van der Waals surface area contributed by atoms with Crippen LogP contribution in [0.25, 0.3) is 0 Å². The van der Waals surface area contributed by atoms with Crippen LogP contribution < -0.4 is 11.1 Å². The lowest BCUT2D eigenvalue weighted by molar-refractivity contribution is 0.0952. The molecule has 21 heavy (non-hydrogen) atoms. The van der Waals surface area contributed by atoms with Crippen molar-refractivity contribution in [3.05, 3.63) is 64.2 Å². The van der Waals surface area contributed by atoms with Gasteiger partial charge < -0.3 is 15.8 Å². The summed E-state index contributed by atoms with van der Waals surface area (Å²) in [5, 5.41) is 3.32. The summed E-state index contributed by atoms with van der Waals surface area (Å²) in [6.07, 6.45) is 0. The van der Waals surface area contributed by atoms with E-state index in [1.54, 1.807) is 25.3 Å². The van der Waals surface area contributed by atoms with E-state index in [4.69, 9.17) is 22.1 Å². The average molecular weight is 305 g/mol. The SMILES string of the molecule is COCc1cccc(CNC(=O)c2cc(Cl)ccc2N)c1. The van der Waals surface area contributed by atoms with Crippen molar-refractivity contribution in [2.24, 2.45) is 0 Å². The largest absolute Gasteiger partial charge is 0.398 e. The molecule has 1 amide bonds. The number of halogens is 1. The standard InChI is InChI=1S/C16H17ClN2O2/c1-21-10-12-4-2-3-11(7-12)9-19-16(20)14-8-13(17)5-6-15(14)18/h2-8H,9-10,18H2,1H3,(H,19,20). The van der Waals surface area contributed by atoms with Crippen LogP contribution in [0, 0.1) is 0 Å². The highest BCUT2D eigenvalue weighted by Gasteiger charge is 2.10. The van der Waals surface area contributed by atoms with Gasteiger partial charge in [-0.3, -0.25) is 4.79 Å². The van der Waals surface area contributed by atoms with Crippen molar-refractivity contribution in [1.29, 1.82) is 0 Å². The normalized spacial score (nSPS) is 10.4. The maximum absolute atomic E-state index is 12.1. The van der Waals surface area contributed by atoms with Gasteiger partial charge in [0, 0.05) is 24.4 Å². The predicted molar refractivity (Wildman–Crippen MR) is 84.2 cm³/mol. The zero-order chi connectivity index (χ0) is 15.2. The number of benzene rings is 2. The van der Waals surface area contributed by atoms with Crippen molar-refractivity contribution >= 4 is 23.2 Å². The first-order valence-electron chi connectivity index (χ1n) is 6.50. The Morgan fingerprint density at radius 3 is 2.76 bits per heavy atom. The van der Waals surface area contributed by atoms with Gasteiger partial charge in [-0.15, -0.1) is 0 Å². The summed E-state index contributed by atoms with van der Waals surface area (Å²) < 4.78 is 5.09. The Hall–Kier alpha value is -2.04. The van der Waals surface area contributed by atoms with Crippen LogP contribution in [0.15, 0.2) is 42.5 Å². The Balaban J connectivity index is 2.04. The van der Waals surface area contributed by atoms with Crippen molar-refractivity contribution < 1.29 is 9.53 Å². The molecule has 0 aliphatic carbocycles. The van der Waals surface area contributed by atoms with Crippen LogP contribution in [-0.2, 0) is 17.9 Å². The van der Waals surface area contributed by atoms with Crippen LogP contribution in [0.3, 0.4) is 0 Å². The molecule has 0 saturated carbocycles. The summed E-state index contributed by atoms with van der Waals surface area (Å²) in [5.41, 5.74) is 8.64. The first-order valence-corrected chi connectivity index (χ1v) is 6.88. The first-order chi connectivity index (χ1) is 10.1. The molecule has 0 heterocycles. The van der Waals surface area contributed by atoms with E-state index in [2.05, 4.69) is 5.32 Å². The second kappa shape index (κ2) is 7.11. The number of anilines is 1. The van der Waals surface area contributed by atoms with Crippen molar-refractivity contribution in [2.75, 3.05) is 12.8 Å². The highest BCUT2D eigenvalue weighted by molar-refractivity contribution is 6.31. The zero-order valence-corrected chi connectivity index (χ0v) is 12.5. The minimum Gasteiger partial charge on any atom is -0.398 e. The van der Waals surface area contributed by atoms with Gasteiger partial charge in [-0.05, 0) is 29.3 Å². The van der Waals surface area contributed by atoms with E-state index in [-0.39, 0.29) is 5.91 Å². The Labute approximate surface area is 128 Å². The van der Waals surface area contributed by atoms with E-state index < -0.39 is 0 Å². The van der Waals surface area contributed by atoms with Crippen molar-refractivity contribution in [3.63, 3.8) is 0 Å². The molecule has 3 N–H and O–H groups in total. The van der Waals surface area contributed by atoms with Crippen LogP contribution in [-0.4, -0.2) is 13.0 Å². The number of rotatable bonds is 5. The van der Waals surface area contributed by atoms with Gasteiger partial charge in [0.1, 0.15) is 0 Å². The smallest absolute Gasteiger partial charge is 0.253 e. The molecule has 2 aromatic carbocycles. The van der Waals surface area contributed by atoms with E-state index in [1.807, 2.05) is 24.3 Å². The minimum absolute atomic E-state index is 0.243. The van der Waals surface area contributed by atoms with Gasteiger partial charge in [-0.1, -0.05) is 35.9 Å². The van der Waals surface area contributed by atoms with Crippen LogP contribution in [0.5, 0.6) is 0 Å². The molecule has 0 aliphatic heterocycles. The van der Waals surface area contributed by atoms with Crippen LogP contribution in [0.1, 0.15) is 21.5 Å². The molecule has 0 unspecified atom stereocenters. The average Bonchev–Trinajstić information content (AvgIpc) is 2.48. The summed E-state index contributed by atoms with van der Waals surface area (Å²) in [6.45, 7) is 0.964. The Bertz CT molecular complexity index is 644. The van der Waals surface area contributed by atoms with E-state index in [0.29, 0.717) is 29.4 Å². The molecule has 0 aliphatic rings. The highest BCUT2D eigenvalue weighted by Crippen LogP contribution is 2.18. The number of hydrogen-bond donors (Lipinski definition) is 2. The number of nitrogens with two attached hydrogens (primary N) is 1. The van der Waals surface area contributed by atoms with Crippen LogP contribution in [0.2, 0.25) is 5.02 Å². The monoisotopic (exact) mass is 304 g/mol. The lowest BCUT2D eigenvalue weighted by atomic mass is 10.1. The molecular weight excluding hydrogens is 288 g/mol. The van der Waals surface area contributed by atoms with Gasteiger partial charge in [0.25, 0.3) is 5.91 Å². The van der Waals surface area contributed by atoms with E-state index in [0.717, 1.165) is 11.1 Å². The topological polar surface area (TPSA) is 64.3 Å². The fourth-order valence-electron chi connectivity index (χ4n) is 2.00. The molecule has 0 bridgehead atoms. The predicted octanol–water partition coefficient (Wildman–Crippen LogP) is 3.00. The lowest BCUT2D eigenvalue weighted by Gasteiger charge is -2.09. The van der Waals surface area contributed by atoms with Crippen molar-refractivity contribution in [1.82, 2.24) is 5.32 Å². The molecule has 0 aromatic heterocycles. The second-order valence-electron chi connectivity index (χ2n) is 4.67. The maximum Gasteiger partial charge on any atom is 0.253 e. The molecule has 5 heteroatoms. The quantitative estimate of drug-likeness (QED) is 0.835. The Morgan fingerprint density at radius 2 is 2.00 bits per heavy atom. The van der Waals surface area contributed by atoms with Gasteiger partial charge >= 0.3 is 0 Å². The number of nitrogens with one attached hydrogen (secondary N) is 1. The van der Waals surface area contributed by atoms with Crippen LogP contribution >= 0.6 is 11.6 Å². The molecule has 4 nitrogen and oxygen atoms in total. The summed E-state index contributed by atoms with van der Waals surface area (Å²) in [7, 11) is 1.65. The molecule has 0 atom stereocenters. The number of carbonyl (C=O) groups excluding carboxylic acids is 1. The molecule has 0 saturated heterocycles. The molecule has 2 rings (SSSR count). The van der Waals surface area contributed by atoms with E-state index in [1.165, 1.54) is 0 Å². The third-order valence-corrected chi connectivity index (χ3v) is 3.25. The number of amides is 1.